The Hall–Kier alpha value is -3.88. The Morgan fingerprint density at radius 2 is 1.70 bits per heavy atom. The van der Waals surface area contributed by atoms with E-state index in [0.29, 0.717) is 51.0 Å². The molecule has 2 aromatic rings. The van der Waals surface area contributed by atoms with Gasteiger partial charge in [0.1, 0.15) is 5.75 Å². The Morgan fingerprint density at radius 3 is 2.32 bits per heavy atom. The molecule has 0 unspecified atom stereocenters. The van der Waals surface area contributed by atoms with E-state index in [1.54, 1.807) is 6.92 Å². The molecule has 2 atom stereocenters. The third-order valence-electron chi connectivity index (χ3n) is 8.23. The number of benzene rings is 2. The van der Waals surface area contributed by atoms with Crippen molar-refractivity contribution < 1.29 is 54.9 Å². The number of rotatable bonds is 9. The van der Waals surface area contributed by atoms with Crippen molar-refractivity contribution in [3.05, 3.63) is 47.8 Å². The van der Waals surface area contributed by atoms with Crippen LogP contribution in [0.15, 0.2) is 41.3 Å². The Kier molecular flexibility index (Phi) is 9.47. The van der Waals surface area contributed by atoms with Crippen molar-refractivity contribution in [1.82, 2.24) is 5.32 Å². The molecule has 44 heavy (non-hydrogen) atoms. The predicted octanol–water partition coefficient (Wildman–Crippen LogP) is 5.08. The van der Waals surface area contributed by atoms with Crippen molar-refractivity contribution in [2.45, 2.75) is 74.4 Å². The van der Waals surface area contributed by atoms with Gasteiger partial charge in [0.05, 0.1) is 35.0 Å². The van der Waals surface area contributed by atoms with E-state index in [-0.39, 0.29) is 22.7 Å². The van der Waals surface area contributed by atoms with Gasteiger partial charge in [-0.3, -0.25) is 14.4 Å². The van der Waals surface area contributed by atoms with Crippen LogP contribution >= 0.6 is 0 Å². The highest BCUT2D eigenvalue weighted by molar-refractivity contribution is 7.92. The van der Waals surface area contributed by atoms with E-state index in [1.807, 2.05) is 0 Å². The minimum Gasteiger partial charge on any atom is -0.496 e. The second-order valence-electron chi connectivity index (χ2n) is 11.2. The molecule has 3 N–H and O–H groups in total. The summed E-state index contributed by atoms with van der Waals surface area (Å²) in [6.45, 7) is 1.65. The lowest BCUT2D eigenvalue weighted by Gasteiger charge is -2.34. The molecule has 0 saturated heterocycles. The Bertz CT molecular complexity index is 1540. The second-order valence-corrected chi connectivity index (χ2v) is 13.2. The van der Waals surface area contributed by atoms with Gasteiger partial charge in [-0.25, -0.2) is 12.8 Å². The minimum absolute atomic E-state index is 0.0637. The van der Waals surface area contributed by atoms with Crippen LogP contribution in [0.5, 0.6) is 11.5 Å². The van der Waals surface area contributed by atoms with Crippen LogP contribution in [0.3, 0.4) is 0 Å². The first-order valence-electron chi connectivity index (χ1n) is 13.9. The maximum atomic E-state index is 14.9. The standard InChI is InChI=1S/C29H32F4N2O8S/c1-28(27(38)39)11-9-17(10-12-28)43-24-14-20(23(42-2)15-21(24)30)26(37)35-22-8-4-7-19(22)25(36)34-16-5-3-6-18(13-16)44(40,41)29(31,32)33/h3,5-6,13-15,17,19,22H,4,7-12H2,1-2H3,(H,34,36)(H,35,37)(H,38,39)/t17?,19-,22+,28?/m0/s1. The van der Waals surface area contributed by atoms with Crippen LogP contribution in [-0.2, 0) is 19.4 Å². The number of alkyl halides is 3. The number of methoxy groups -OCH3 is 1. The highest BCUT2D eigenvalue weighted by Gasteiger charge is 2.47. The van der Waals surface area contributed by atoms with Gasteiger partial charge in [0.2, 0.25) is 5.91 Å². The number of anilines is 1. The number of carboxylic acids is 1. The summed E-state index contributed by atoms with van der Waals surface area (Å²) < 4.78 is 88.3. The molecule has 2 aliphatic rings. The summed E-state index contributed by atoms with van der Waals surface area (Å²) >= 11 is 0. The number of amides is 2. The first kappa shape index (κ1) is 33.0. The van der Waals surface area contributed by atoms with Crippen molar-refractivity contribution in [2.75, 3.05) is 12.4 Å². The topological polar surface area (TPSA) is 148 Å². The molecule has 0 radical (unpaired) electrons. The van der Waals surface area contributed by atoms with Crippen molar-refractivity contribution in [3.8, 4) is 11.5 Å². The van der Waals surface area contributed by atoms with E-state index in [4.69, 9.17) is 9.47 Å². The molecular weight excluding hydrogens is 612 g/mol. The van der Waals surface area contributed by atoms with Gasteiger partial charge in [0.25, 0.3) is 15.7 Å². The smallest absolute Gasteiger partial charge is 0.496 e. The van der Waals surface area contributed by atoms with Crippen LogP contribution < -0.4 is 20.1 Å². The third-order valence-corrected chi connectivity index (χ3v) is 9.71. The average Bonchev–Trinajstić information content (AvgIpc) is 3.42. The number of carbonyl (C=O) groups is 3. The average molecular weight is 645 g/mol. The van der Waals surface area contributed by atoms with E-state index in [9.17, 15) is 45.5 Å². The van der Waals surface area contributed by atoms with E-state index < -0.39 is 67.3 Å². The third kappa shape index (κ3) is 6.92. The maximum absolute atomic E-state index is 14.9. The summed E-state index contributed by atoms with van der Waals surface area (Å²) in [5.41, 5.74) is -6.63. The monoisotopic (exact) mass is 644 g/mol. The van der Waals surface area contributed by atoms with Crippen molar-refractivity contribution in [1.29, 1.82) is 0 Å². The minimum atomic E-state index is -5.62. The molecule has 0 bridgehead atoms. The zero-order chi connectivity index (χ0) is 32.4. The van der Waals surface area contributed by atoms with Crippen LogP contribution in [0.2, 0.25) is 0 Å². The number of hydrogen-bond donors (Lipinski definition) is 3. The van der Waals surface area contributed by atoms with Crippen molar-refractivity contribution in [3.63, 3.8) is 0 Å². The Morgan fingerprint density at radius 1 is 1.02 bits per heavy atom. The number of carboxylic acid groups (broad SMARTS) is 1. The van der Waals surface area contributed by atoms with Gasteiger partial charge in [0, 0.05) is 17.8 Å². The molecule has 2 amide bonds. The summed E-state index contributed by atoms with van der Waals surface area (Å²) in [6, 6.07) is 5.28. The summed E-state index contributed by atoms with van der Waals surface area (Å²) in [6.07, 6.45) is 2.23. The molecular formula is C29H32F4N2O8S. The van der Waals surface area contributed by atoms with Gasteiger partial charge in [-0.1, -0.05) is 12.5 Å². The first-order valence-corrected chi connectivity index (χ1v) is 15.3. The number of sulfone groups is 1. The van der Waals surface area contributed by atoms with Crippen LogP contribution in [0.25, 0.3) is 0 Å². The second kappa shape index (κ2) is 12.6. The zero-order valence-electron chi connectivity index (χ0n) is 23.9. The quantitative estimate of drug-likeness (QED) is 0.321. The molecule has 15 heteroatoms. The highest BCUT2D eigenvalue weighted by atomic mass is 32.2. The van der Waals surface area contributed by atoms with E-state index in [0.717, 1.165) is 18.2 Å². The molecule has 10 nitrogen and oxygen atoms in total. The van der Waals surface area contributed by atoms with Gasteiger partial charge in [0.15, 0.2) is 11.6 Å². The van der Waals surface area contributed by atoms with Gasteiger partial charge in [-0.15, -0.1) is 0 Å². The molecule has 2 fully saturated rings. The van der Waals surface area contributed by atoms with Gasteiger partial charge >= 0.3 is 11.5 Å². The SMILES string of the molecule is COc1cc(F)c(OC2CCC(C)(C(=O)O)CC2)cc1C(=O)N[C@@H]1CCC[C@@H]1C(=O)Nc1cccc(S(=O)(=O)C(F)(F)F)c1. The number of hydrogen-bond acceptors (Lipinski definition) is 7. The predicted molar refractivity (Wildman–Crippen MR) is 148 cm³/mol. The largest absolute Gasteiger partial charge is 0.501 e. The number of aliphatic carboxylic acids is 1. The fourth-order valence-corrected chi connectivity index (χ4v) is 6.32. The molecule has 0 spiro atoms. The molecule has 0 heterocycles. The van der Waals surface area contributed by atoms with E-state index in [2.05, 4.69) is 10.6 Å². The number of nitrogens with one attached hydrogen (secondary N) is 2. The number of carbonyl (C=O) groups excluding carboxylic acids is 2. The first-order chi connectivity index (χ1) is 20.6. The van der Waals surface area contributed by atoms with Gasteiger partial charge < -0.3 is 25.2 Å². The van der Waals surface area contributed by atoms with Gasteiger partial charge in [-0.2, -0.15) is 13.2 Å². The fraction of sp³-hybridized carbons (Fsp3) is 0.483. The van der Waals surface area contributed by atoms with Gasteiger partial charge in [-0.05, 0) is 69.7 Å². The number of ether oxygens (including phenoxy) is 2. The zero-order valence-corrected chi connectivity index (χ0v) is 24.7. The van der Waals surface area contributed by atoms with Crippen molar-refractivity contribution >= 4 is 33.3 Å². The summed E-state index contributed by atoms with van der Waals surface area (Å²) in [5, 5.41) is 14.6. The Labute approximate surface area is 251 Å². The molecule has 2 aromatic carbocycles. The molecule has 0 aromatic heterocycles. The lowest BCUT2D eigenvalue weighted by molar-refractivity contribution is -0.150. The summed E-state index contributed by atoms with van der Waals surface area (Å²) in [4.78, 5) is 36.9. The molecule has 2 aliphatic carbocycles. The van der Waals surface area contributed by atoms with Crippen molar-refractivity contribution in [2.24, 2.45) is 11.3 Å². The number of halogens is 4. The van der Waals surface area contributed by atoms with Crippen LogP contribution in [0, 0.1) is 17.2 Å². The molecule has 4 rings (SSSR count). The summed E-state index contributed by atoms with van der Waals surface area (Å²) in [7, 11) is -4.37. The molecule has 2 saturated carbocycles. The normalized spacial score (nSPS) is 23.9. The molecule has 240 valence electrons. The summed E-state index contributed by atoms with van der Waals surface area (Å²) in [5.74, 6) is -4.10. The Balaban J connectivity index is 1.46. The molecule has 0 aliphatic heterocycles. The maximum Gasteiger partial charge on any atom is 0.501 e. The van der Waals surface area contributed by atoms with E-state index in [1.165, 1.54) is 19.2 Å². The lowest BCUT2D eigenvalue weighted by atomic mass is 9.75. The van der Waals surface area contributed by atoms with Crippen LogP contribution in [0.1, 0.15) is 62.2 Å². The highest BCUT2D eigenvalue weighted by Crippen LogP contribution is 2.39. The van der Waals surface area contributed by atoms with Crippen LogP contribution in [-0.4, -0.2) is 56.1 Å². The lowest BCUT2D eigenvalue weighted by Crippen LogP contribution is -2.42. The van der Waals surface area contributed by atoms with E-state index >= 15 is 0 Å². The van der Waals surface area contributed by atoms with Crippen LogP contribution in [0.4, 0.5) is 23.2 Å². The fourth-order valence-electron chi connectivity index (χ4n) is 5.51.